The predicted octanol–water partition coefficient (Wildman–Crippen LogP) is 21.0. The number of fused-ring (bicyclic) bond motifs is 2. The maximum atomic E-state index is 15.0. The van der Waals surface area contributed by atoms with E-state index in [4.69, 9.17) is 0 Å². The van der Waals surface area contributed by atoms with E-state index in [9.17, 15) is 29.4 Å². The number of para-hydroxylation sites is 1. The average Bonchev–Trinajstić information content (AvgIpc) is 1.43. The van der Waals surface area contributed by atoms with E-state index < -0.39 is 11.9 Å². The van der Waals surface area contributed by atoms with Gasteiger partial charge in [0.15, 0.2) is 0 Å². The molecule has 84 heavy (non-hydrogen) atoms. The number of amides is 2. The molecule has 9 aromatic carbocycles. The molecule has 1 aliphatic heterocycles. The molecule has 2 N–H and O–H groups in total. The highest BCUT2D eigenvalue weighted by atomic mass is 32.1. The summed E-state index contributed by atoms with van der Waals surface area (Å²) < 4.78 is 0. The van der Waals surface area contributed by atoms with Crippen LogP contribution in [0.25, 0.3) is 73.7 Å². The third kappa shape index (κ3) is 10.0. The minimum Gasteiger partial charge on any atom is -0.478 e. The Balaban J connectivity index is 0.952. The van der Waals surface area contributed by atoms with E-state index in [1.54, 1.807) is 48.5 Å². The van der Waals surface area contributed by atoms with Gasteiger partial charge >= 0.3 is 11.9 Å². The van der Waals surface area contributed by atoms with Gasteiger partial charge in [-0.25, -0.2) is 14.5 Å². The van der Waals surface area contributed by atoms with Crippen molar-refractivity contribution in [3.8, 4) is 30.6 Å². The van der Waals surface area contributed by atoms with Gasteiger partial charge in [0.25, 0.3) is 11.8 Å². The number of hydrogen-bond acceptors (Lipinski definition) is 7. The van der Waals surface area contributed by atoms with Gasteiger partial charge in [0.1, 0.15) is 0 Å². The molecular formula is C74H68N2O6S2. The molecule has 0 aliphatic carbocycles. The van der Waals surface area contributed by atoms with Crippen molar-refractivity contribution in [1.29, 1.82) is 0 Å². The summed E-state index contributed by atoms with van der Waals surface area (Å²) in [7, 11) is 0. The van der Waals surface area contributed by atoms with Crippen LogP contribution in [-0.2, 0) is 12.8 Å². The third-order valence-electron chi connectivity index (χ3n) is 17.1. The summed E-state index contributed by atoms with van der Waals surface area (Å²) in [4.78, 5) is 62.2. The number of aromatic carboxylic acids is 2. The molecule has 2 amide bonds. The lowest BCUT2D eigenvalue weighted by molar-refractivity contribution is 0.0686. The summed E-state index contributed by atoms with van der Waals surface area (Å²) in [5, 5.41) is 27.7. The minimum absolute atomic E-state index is 0.107. The lowest BCUT2D eigenvalue weighted by Crippen LogP contribution is -2.41. The van der Waals surface area contributed by atoms with E-state index in [1.807, 2.05) is 57.9 Å². The van der Waals surface area contributed by atoms with Crippen molar-refractivity contribution in [1.82, 2.24) is 0 Å². The van der Waals surface area contributed by atoms with Crippen molar-refractivity contribution < 1.29 is 29.4 Å². The fourth-order valence-corrected chi connectivity index (χ4v) is 15.4. The normalized spacial score (nSPS) is 12.6. The Bertz CT molecular complexity index is 4190. The van der Waals surface area contributed by atoms with Crippen molar-refractivity contribution in [3.63, 3.8) is 0 Å². The van der Waals surface area contributed by atoms with Crippen LogP contribution in [0.5, 0.6) is 0 Å². The highest BCUT2D eigenvalue weighted by Crippen LogP contribution is 2.51. The molecule has 12 rings (SSSR count). The zero-order chi connectivity index (χ0) is 58.5. The second-order valence-corrected chi connectivity index (χ2v) is 25.2. The van der Waals surface area contributed by atoms with Crippen LogP contribution >= 0.6 is 22.7 Å². The fraction of sp³-hybridized carbons (Fsp3) is 0.243. The van der Waals surface area contributed by atoms with Crippen molar-refractivity contribution in [2.45, 2.75) is 118 Å². The second-order valence-electron chi connectivity index (χ2n) is 23.1. The van der Waals surface area contributed by atoms with Gasteiger partial charge in [-0.15, -0.1) is 22.7 Å². The number of rotatable bonds is 21. The van der Waals surface area contributed by atoms with Crippen molar-refractivity contribution >= 4 is 112 Å². The van der Waals surface area contributed by atoms with Crippen LogP contribution in [0.15, 0.2) is 158 Å². The number of nitrogens with zero attached hydrogens (tertiary/aromatic N) is 2. The molecule has 422 valence electrons. The number of carboxylic acid groups (broad SMARTS) is 2. The van der Waals surface area contributed by atoms with Gasteiger partial charge in [0.2, 0.25) is 0 Å². The Labute approximate surface area is 499 Å². The van der Waals surface area contributed by atoms with Crippen LogP contribution in [0, 0.1) is 0 Å². The first kappa shape index (κ1) is 56.1. The standard InChI is InChI=1S/C74H68N2O6S2/c1-7-9-11-13-17-48-41-63(45-23-29-50(30-24-45)75(51-31-25-46(26-32-51)73(79)80)52-33-27-47(28-34-52)74(81)82)83-69(48)70-49(18-14-12-10-8-2)42-64(84-70)55-35-36-58-60-38-40-62-67-61(39-37-59(66(60)67)57-22-16-21-56(55)65(57)58)71(77)76(72(62)78)68-53(43(3)4)19-15-20-54(68)44(5)6/h15-16,19-44H,7-14,17-18H2,1-6H3,(H,79,80)(H,81,82). The van der Waals surface area contributed by atoms with Gasteiger partial charge in [-0.1, -0.05) is 153 Å². The lowest BCUT2D eigenvalue weighted by atomic mass is 9.83. The molecule has 0 radical (unpaired) electrons. The van der Waals surface area contributed by atoms with Gasteiger partial charge in [0.05, 0.1) is 16.8 Å². The van der Waals surface area contributed by atoms with Crippen LogP contribution in [0.3, 0.4) is 0 Å². The molecule has 0 spiro atoms. The summed E-state index contributed by atoms with van der Waals surface area (Å²) in [6, 6.07) is 52.3. The topological polar surface area (TPSA) is 115 Å². The SMILES string of the molecule is CCCCCCc1cc(-c2ccc(N(c3ccc(C(=O)O)cc3)c3ccc(C(=O)O)cc3)cc2)sc1-c1sc(-c2ccc3c4ccc5c6c(ccc(c7cccc2c73)c64)C(=O)N(c2c(C(C)C)cccc2C(C)C)C5=O)cc1CCCCCC. The van der Waals surface area contributed by atoms with Crippen LogP contribution < -0.4 is 9.80 Å². The number of carbonyl (C=O) groups excluding carboxylic acids is 2. The summed E-state index contributed by atoms with van der Waals surface area (Å²) in [6.07, 6.45) is 11.2. The molecule has 0 fully saturated rings. The van der Waals surface area contributed by atoms with Crippen molar-refractivity contribution in [3.05, 3.63) is 202 Å². The summed E-state index contributed by atoms with van der Waals surface area (Å²) in [6.45, 7) is 13.0. The summed E-state index contributed by atoms with van der Waals surface area (Å²) >= 11 is 3.77. The molecule has 1 aliphatic rings. The molecule has 0 unspecified atom stereocenters. The molecule has 11 aromatic rings. The Hall–Kier alpha value is -8.44. The molecule has 8 nitrogen and oxygen atoms in total. The van der Waals surface area contributed by atoms with Crippen molar-refractivity contribution in [2.24, 2.45) is 0 Å². The molecule has 0 saturated carbocycles. The molecule has 0 atom stereocenters. The first-order valence-electron chi connectivity index (χ1n) is 29.8. The molecular weight excluding hydrogens is 1080 g/mol. The minimum atomic E-state index is -1.01. The van der Waals surface area contributed by atoms with Gasteiger partial charge < -0.3 is 15.1 Å². The monoisotopic (exact) mass is 1140 g/mol. The van der Waals surface area contributed by atoms with E-state index in [2.05, 4.69) is 120 Å². The maximum Gasteiger partial charge on any atom is 0.335 e. The maximum absolute atomic E-state index is 15.0. The van der Waals surface area contributed by atoms with E-state index in [0.717, 1.165) is 98.2 Å². The fourth-order valence-electron chi connectivity index (χ4n) is 12.8. The van der Waals surface area contributed by atoms with E-state index >= 15 is 0 Å². The number of carbonyl (C=O) groups is 4. The Kier molecular flexibility index (Phi) is 15.6. The number of imide groups is 1. The molecule has 0 bridgehead atoms. The smallest absolute Gasteiger partial charge is 0.335 e. The lowest BCUT2D eigenvalue weighted by Gasteiger charge is -2.32. The second kappa shape index (κ2) is 23.3. The highest BCUT2D eigenvalue weighted by molar-refractivity contribution is 7.25. The van der Waals surface area contributed by atoms with Gasteiger partial charge in [-0.3, -0.25) is 9.59 Å². The largest absolute Gasteiger partial charge is 0.478 e. The Morgan fingerprint density at radius 2 is 0.893 bits per heavy atom. The van der Waals surface area contributed by atoms with Gasteiger partial charge in [0, 0.05) is 53.1 Å². The molecule has 0 saturated heterocycles. The highest BCUT2D eigenvalue weighted by Gasteiger charge is 2.38. The van der Waals surface area contributed by atoms with Crippen LogP contribution in [0.2, 0.25) is 0 Å². The molecule has 2 aromatic heterocycles. The quantitative estimate of drug-likeness (QED) is 0.0319. The number of unbranched alkanes of at least 4 members (excludes halogenated alkanes) is 6. The van der Waals surface area contributed by atoms with Gasteiger partial charge in [-0.2, -0.15) is 0 Å². The third-order valence-corrected chi connectivity index (χ3v) is 19.7. The van der Waals surface area contributed by atoms with Crippen LogP contribution in [0.1, 0.15) is 168 Å². The predicted molar refractivity (Wildman–Crippen MR) is 350 cm³/mol. The average molecular weight is 1150 g/mol. The Morgan fingerprint density at radius 1 is 0.464 bits per heavy atom. The number of anilines is 4. The van der Waals surface area contributed by atoms with Crippen LogP contribution in [0.4, 0.5) is 22.7 Å². The number of thiophene rings is 2. The molecule has 3 heterocycles. The zero-order valence-electron chi connectivity index (χ0n) is 48.5. The van der Waals surface area contributed by atoms with Crippen LogP contribution in [-0.4, -0.2) is 34.0 Å². The van der Waals surface area contributed by atoms with Gasteiger partial charge in [-0.05, 0) is 194 Å². The first-order valence-corrected chi connectivity index (χ1v) is 31.4. The van der Waals surface area contributed by atoms with Crippen molar-refractivity contribution in [2.75, 3.05) is 9.80 Å². The number of carboxylic acids is 2. The van der Waals surface area contributed by atoms with E-state index in [-0.39, 0.29) is 34.8 Å². The van der Waals surface area contributed by atoms with E-state index in [1.165, 1.54) is 84.0 Å². The molecule has 10 heteroatoms. The van der Waals surface area contributed by atoms with E-state index in [0.29, 0.717) is 16.8 Å². The number of benzene rings is 9. The zero-order valence-corrected chi connectivity index (χ0v) is 50.1. The summed E-state index contributed by atoms with van der Waals surface area (Å²) in [5.41, 5.74) is 11.5. The number of aryl methyl sites for hydroxylation is 2. The summed E-state index contributed by atoms with van der Waals surface area (Å²) in [5.74, 6) is -2.36. The first-order chi connectivity index (χ1) is 40.8. The number of hydrogen-bond donors (Lipinski definition) is 2. The Morgan fingerprint density at radius 3 is 1.38 bits per heavy atom.